The number of piperidine rings is 2. The molecule has 2 fully saturated rings. The van der Waals surface area contributed by atoms with Crippen molar-refractivity contribution < 1.29 is 55.4 Å². The smallest absolute Gasteiger partial charge is 0.358 e. The molecule has 486 valence electrons. The number of halogens is 4. The summed E-state index contributed by atoms with van der Waals surface area (Å²) >= 11 is 0. The van der Waals surface area contributed by atoms with Crippen molar-refractivity contribution in [1.29, 1.82) is 0 Å². The molecule has 0 saturated carbocycles. The van der Waals surface area contributed by atoms with Gasteiger partial charge in [0, 0.05) is 83.7 Å². The van der Waals surface area contributed by atoms with E-state index in [4.69, 9.17) is 15.0 Å². The van der Waals surface area contributed by atoms with Gasteiger partial charge >= 0.3 is 23.9 Å². The minimum atomic E-state index is -0.568. The van der Waals surface area contributed by atoms with E-state index in [1.807, 2.05) is 10.3 Å². The first-order valence-corrected chi connectivity index (χ1v) is 27.8. The van der Waals surface area contributed by atoms with Gasteiger partial charge < -0.3 is 28.8 Å². The van der Waals surface area contributed by atoms with Crippen molar-refractivity contribution in [1.82, 2.24) is 70.3 Å². The quantitative estimate of drug-likeness (QED) is 0.0378. The van der Waals surface area contributed by atoms with E-state index >= 15 is 0 Å². The number of rotatable bonds is 10. The number of aryl methyl sites for hydroxylation is 4. The molecule has 3 aliphatic rings. The van der Waals surface area contributed by atoms with Gasteiger partial charge in [-0.3, -0.25) is 34.2 Å². The Bertz CT molecular complexity index is 4080. The van der Waals surface area contributed by atoms with Gasteiger partial charge in [0.05, 0.1) is 14.2 Å². The Kier molecular flexibility index (Phi) is 26.0. The zero-order valence-electron chi connectivity index (χ0n) is 50.4. The van der Waals surface area contributed by atoms with E-state index < -0.39 is 47.1 Å². The number of cyclic esters (lactones) is 1. The van der Waals surface area contributed by atoms with Gasteiger partial charge in [-0.2, -0.15) is 25.5 Å². The van der Waals surface area contributed by atoms with Gasteiger partial charge in [-0.25, -0.2) is 66.6 Å². The highest BCUT2D eigenvalue weighted by molar-refractivity contribution is 6.03. The number of carbonyl (C=O) groups excluding carboxylic acids is 4. The maximum absolute atomic E-state index is 13.4. The molecule has 3 aliphatic heterocycles. The number of hydrogen-bond donors (Lipinski definition) is 4. The van der Waals surface area contributed by atoms with Crippen LogP contribution in [-0.4, -0.2) is 136 Å². The summed E-state index contributed by atoms with van der Waals surface area (Å²) < 4.78 is 76.3. The molecular weight excluding hydrogens is 1220 g/mol. The first kappa shape index (κ1) is 70.1. The molecule has 34 heteroatoms. The van der Waals surface area contributed by atoms with Gasteiger partial charge in [0.1, 0.15) is 46.9 Å². The first-order valence-electron chi connectivity index (χ1n) is 27.8. The number of methoxy groups -OCH3 is 2. The molecule has 8 aromatic rings. The lowest BCUT2D eigenvalue weighted by Crippen LogP contribution is -2.34. The molecule has 0 radical (unpaired) electrons. The molecule has 11 rings (SSSR count). The van der Waals surface area contributed by atoms with Crippen LogP contribution in [0.4, 0.5) is 23.6 Å². The highest BCUT2D eigenvalue weighted by Gasteiger charge is 2.25. The lowest BCUT2D eigenvalue weighted by molar-refractivity contribution is -0.132. The number of benzene rings is 2. The fourth-order valence-corrected chi connectivity index (χ4v) is 8.64. The molecule has 0 aliphatic carbocycles. The minimum absolute atomic E-state index is 0.0137. The number of anilines is 1. The van der Waals surface area contributed by atoms with Gasteiger partial charge in [0.15, 0.2) is 11.4 Å². The predicted molar refractivity (Wildman–Crippen MR) is 319 cm³/mol. The van der Waals surface area contributed by atoms with Gasteiger partial charge in [-0.05, 0) is 129 Å². The Hall–Kier alpha value is -11.0. The highest BCUT2D eigenvalue weighted by atomic mass is 19.1. The van der Waals surface area contributed by atoms with Gasteiger partial charge in [-0.15, -0.1) is 5.10 Å². The van der Waals surface area contributed by atoms with Crippen molar-refractivity contribution in [3.05, 3.63) is 206 Å². The predicted octanol–water partition coefficient (Wildman–Crippen LogP) is 1.67. The van der Waals surface area contributed by atoms with Crippen LogP contribution in [0.25, 0.3) is 11.6 Å². The summed E-state index contributed by atoms with van der Waals surface area (Å²) in [5.41, 5.74) is 3.18. The fraction of sp³-hybridized carbons (Fsp3) is 0.328. The standard InChI is InChI=1S/C19H19F2N5O2.C12H15F2N.C8H7N3O3.C7H8N2O3.C6H8N4O2.C6H6N2O3/c1-25-17(27)3-2-16(24-25)18-22-23-19(28-18)26-6-4-12(5-7-26)8-13-9-14(20)11-15(21)10-13;13-11-6-10(7-12(14)8-11)5-9-1-3-15-4-2-9;1-11-6(12)3-2-5(10-11)8-9-4-7(13)14-8;1-9-6(10)4-3-5(8-9)7(11)12-2;1-10-5(11)3-2-4(9-10)6(12)8-7;1-11-6(10)4-2-3-5(9)8-7-4/h2-3,9-12H,4-8H2,1H3;6-9,15H,1-5H2;2-3H,4H2,1H3;3-4H,1-2H3;2-3H,7H2,1H3,(H,8,12);2-3H,1H3,(H,8,9). The molecule has 6 aromatic heterocycles. The highest BCUT2D eigenvalue weighted by Crippen LogP contribution is 2.27. The third-order valence-electron chi connectivity index (χ3n) is 13.3. The summed E-state index contributed by atoms with van der Waals surface area (Å²) in [5, 5.41) is 32.2. The van der Waals surface area contributed by atoms with Crippen molar-refractivity contribution in [2.75, 3.05) is 51.8 Å². The molecule has 92 heavy (non-hydrogen) atoms. The van der Waals surface area contributed by atoms with Crippen molar-refractivity contribution in [2.24, 2.45) is 50.9 Å². The Balaban J connectivity index is 0.000000183. The third kappa shape index (κ3) is 21.6. The number of nitrogens with zero attached hydrogens (tertiary/aromatic N) is 13. The minimum Gasteiger partial charge on any atom is -0.464 e. The Labute approximate surface area is 518 Å². The lowest BCUT2D eigenvalue weighted by Gasteiger charge is -2.30. The van der Waals surface area contributed by atoms with Gasteiger partial charge in [-0.1, -0.05) is 5.10 Å². The Morgan fingerprint density at radius 2 is 1.04 bits per heavy atom. The molecule has 5 N–H and O–H groups in total. The second-order valence-corrected chi connectivity index (χ2v) is 20.1. The summed E-state index contributed by atoms with van der Waals surface area (Å²) in [6.45, 7) is 3.47. The maximum Gasteiger partial charge on any atom is 0.358 e. The monoisotopic (exact) mass is 1280 g/mol. The number of H-pyrrole nitrogens is 1. The Morgan fingerprint density at radius 3 is 1.51 bits per heavy atom. The van der Waals surface area contributed by atoms with E-state index in [9.17, 15) is 60.7 Å². The van der Waals surface area contributed by atoms with Gasteiger partial charge in [0.2, 0.25) is 5.90 Å². The molecular formula is C58H63F4N17O13. The van der Waals surface area contributed by atoms with E-state index in [2.05, 4.69) is 60.6 Å². The number of aromatic nitrogens is 12. The van der Waals surface area contributed by atoms with Crippen LogP contribution in [0.3, 0.4) is 0 Å². The molecule has 0 spiro atoms. The molecule has 0 bridgehead atoms. The summed E-state index contributed by atoms with van der Waals surface area (Å²) in [6.07, 6.45) is 5.33. The summed E-state index contributed by atoms with van der Waals surface area (Å²) in [4.78, 5) is 104. The van der Waals surface area contributed by atoms with E-state index in [1.54, 1.807) is 13.1 Å². The van der Waals surface area contributed by atoms with E-state index in [0.717, 1.165) is 76.9 Å². The van der Waals surface area contributed by atoms with Crippen molar-refractivity contribution >= 4 is 35.7 Å². The average molecular weight is 1280 g/mol. The third-order valence-corrected chi connectivity index (χ3v) is 13.3. The average Bonchev–Trinajstić information content (AvgIpc) is 1.91. The summed E-state index contributed by atoms with van der Waals surface area (Å²) in [6, 6.07) is 21.3. The van der Waals surface area contributed by atoms with Crippen LogP contribution < -0.4 is 49.3 Å². The van der Waals surface area contributed by atoms with Crippen LogP contribution in [0.15, 0.2) is 130 Å². The molecule has 2 saturated heterocycles. The van der Waals surface area contributed by atoms with Crippen molar-refractivity contribution in [3.8, 4) is 11.6 Å². The number of ether oxygens (including phenoxy) is 3. The first-order chi connectivity index (χ1) is 43.9. The number of nitrogens with two attached hydrogens (primary N) is 1. The van der Waals surface area contributed by atoms with E-state index in [-0.39, 0.29) is 63.2 Å². The molecule has 30 nitrogen and oxygen atoms in total. The summed E-state index contributed by atoms with van der Waals surface area (Å²) in [7, 11) is 8.50. The van der Waals surface area contributed by atoms with Crippen molar-refractivity contribution in [3.63, 3.8) is 0 Å². The van der Waals surface area contributed by atoms with E-state index in [1.165, 1.54) is 119 Å². The number of carbonyl (C=O) groups is 4. The number of aliphatic imine (C=N–C) groups is 1. The number of aromatic amines is 1. The van der Waals surface area contributed by atoms with Crippen LogP contribution in [0.5, 0.6) is 0 Å². The maximum atomic E-state index is 13.4. The number of esters is 3. The lowest BCUT2D eigenvalue weighted by atomic mass is 9.90. The number of nitrogen functional groups attached to an aromatic ring is 1. The van der Waals surface area contributed by atoms with Crippen LogP contribution in [-0.2, 0) is 60.0 Å². The van der Waals surface area contributed by atoms with Crippen LogP contribution in [0, 0.1) is 35.1 Å². The Morgan fingerprint density at radius 1 is 0.587 bits per heavy atom. The zero-order chi connectivity index (χ0) is 67.0. The number of hydrogen-bond acceptors (Lipinski definition) is 24. The number of nitrogens with one attached hydrogen (secondary N) is 3. The SMILES string of the molecule is COC(=O)c1ccc(=O)[nH]n1.COC(=O)c1ccc(=O)n(C)n1.Cn1nc(-c2nnc(N3CCC(Cc4cc(F)cc(F)c4)CC3)o2)ccc1=O.Cn1nc(C(=O)NN)ccc1=O.Cn1nc(C2=NCC(=O)O2)ccc1=O.Fc1cc(F)cc(CC2CCNCC2)c1. The zero-order valence-corrected chi connectivity index (χ0v) is 50.4. The molecule has 2 aromatic carbocycles. The molecule has 0 atom stereocenters. The van der Waals surface area contributed by atoms with Crippen LogP contribution in [0.1, 0.15) is 74.0 Å². The number of hydrazine groups is 1. The number of amides is 1. The van der Waals surface area contributed by atoms with Crippen LogP contribution >= 0.6 is 0 Å². The van der Waals surface area contributed by atoms with Crippen LogP contribution in [0.2, 0.25) is 0 Å². The second-order valence-electron chi connectivity index (χ2n) is 20.1. The second kappa shape index (κ2) is 34.1. The topological polar surface area (TPSA) is 386 Å². The van der Waals surface area contributed by atoms with E-state index in [0.29, 0.717) is 54.3 Å². The summed E-state index contributed by atoms with van der Waals surface area (Å²) in [5.74, 6) is 2.11. The van der Waals surface area contributed by atoms with Crippen molar-refractivity contribution in [2.45, 2.75) is 38.5 Å². The van der Waals surface area contributed by atoms with Gasteiger partial charge in [0.25, 0.3) is 39.6 Å². The molecule has 1 amide bonds. The molecule has 0 unspecified atom stereocenters. The molecule has 9 heterocycles. The fourth-order valence-electron chi connectivity index (χ4n) is 8.64. The normalized spacial score (nSPS) is 13.4. The largest absolute Gasteiger partial charge is 0.464 e.